The molecule has 128 valence electrons. The number of aromatic nitrogens is 3. The average Bonchev–Trinajstić information content (AvgIpc) is 3.40. The fraction of sp³-hybridized carbons (Fsp3) is 0.300. The van der Waals surface area contributed by atoms with Crippen molar-refractivity contribution in [1.82, 2.24) is 14.8 Å². The quantitative estimate of drug-likeness (QED) is 0.435. The van der Waals surface area contributed by atoms with Crippen LogP contribution in [0.2, 0.25) is 0 Å². The standard InChI is InChI=1S/C20H20FN3S/c21-18-11-5-4-10-17(18)19-22-23-20(24(19)16-12-13-16)25-14-6-9-15-7-2-1-3-8-15/h1-5,7-8,10-11,16H,6,9,12-14H2. The third kappa shape index (κ3) is 3.76. The number of thioether (sulfide) groups is 1. The fourth-order valence-electron chi connectivity index (χ4n) is 2.95. The van der Waals surface area contributed by atoms with Gasteiger partial charge >= 0.3 is 0 Å². The highest BCUT2D eigenvalue weighted by molar-refractivity contribution is 7.99. The molecule has 1 aliphatic carbocycles. The van der Waals surface area contributed by atoms with Crippen molar-refractivity contribution in [2.45, 2.75) is 36.9 Å². The minimum Gasteiger partial charge on any atom is -0.299 e. The van der Waals surface area contributed by atoms with E-state index in [-0.39, 0.29) is 5.82 Å². The van der Waals surface area contributed by atoms with Crippen LogP contribution in [0.5, 0.6) is 0 Å². The molecule has 3 aromatic rings. The zero-order chi connectivity index (χ0) is 17.1. The molecular formula is C20H20FN3S. The van der Waals surface area contributed by atoms with Crippen LogP contribution in [-0.2, 0) is 6.42 Å². The predicted octanol–water partition coefficient (Wildman–Crippen LogP) is 5.14. The van der Waals surface area contributed by atoms with Gasteiger partial charge in [0.2, 0.25) is 0 Å². The highest BCUT2D eigenvalue weighted by Gasteiger charge is 2.30. The largest absolute Gasteiger partial charge is 0.299 e. The van der Waals surface area contributed by atoms with Gasteiger partial charge < -0.3 is 0 Å². The summed E-state index contributed by atoms with van der Waals surface area (Å²) in [4.78, 5) is 0. The van der Waals surface area contributed by atoms with Gasteiger partial charge in [-0.25, -0.2) is 4.39 Å². The molecule has 3 nitrogen and oxygen atoms in total. The lowest BCUT2D eigenvalue weighted by Crippen LogP contribution is -2.01. The van der Waals surface area contributed by atoms with E-state index in [0.717, 1.165) is 36.6 Å². The Kier molecular flexibility index (Phi) is 4.83. The molecule has 0 spiro atoms. The zero-order valence-electron chi connectivity index (χ0n) is 13.9. The lowest BCUT2D eigenvalue weighted by Gasteiger charge is -2.09. The molecule has 4 rings (SSSR count). The van der Waals surface area contributed by atoms with E-state index in [9.17, 15) is 4.39 Å². The molecule has 1 aromatic heterocycles. The fourth-order valence-corrected chi connectivity index (χ4v) is 3.89. The first-order valence-electron chi connectivity index (χ1n) is 8.69. The van der Waals surface area contributed by atoms with Crippen LogP contribution < -0.4 is 0 Å². The van der Waals surface area contributed by atoms with E-state index in [1.165, 1.54) is 11.6 Å². The monoisotopic (exact) mass is 353 g/mol. The minimum atomic E-state index is -0.238. The Labute approximate surface area is 151 Å². The lowest BCUT2D eigenvalue weighted by molar-refractivity contribution is 0.622. The van der Waals surface area contributed by atoms with Crippen molar-refractivity contribution >= 4 is 11.8 Å². The number of hydrogen-bond acceptors (Lipinski definition) is 3. The molecule has 0 atom stereocenters. The molecule has 25 heavy (non-hydrogen) atoms. The molecule has 1 aliphatic rings. The summed E-state index contributed by atoms with van der Waals surface area (Å²) < 4.78 is 16.3. The van der Waals surface area contributed by atoms with Gasteiger partial charge in [0, 0.05) is 11.8 Å². The smallest absolute Gasteiger partial charge is 0.191 e. The van der Waals surface area contributed by atoms with Crippen LogP contribution in [0.15, 0.2) is 59.8 Å². The Morgan fingerprint density at radius 2 is 1.76 bits per heavy atom. The number of benzene rings is 2. The van der Waals surface area contributed by atoms with Gasteiger partial charge in [-0.1, -0.05) is 54.2 Å². The van der Waals surface area contributed by atoms with E-state index in [4.69, 9.17) is 0 Å². The summed E-state index contributed by atoms with van der Waals surface area (Å²) in [6.07, 6.45) is 4.39. The molecule has 0 radical (unpaired) electrons. The van der Waals surface area contributed by atoms with Crippen molar-refractivity contribution in [2.75, 3.05) is 5.75 Å². The van der Waals surface area contributed by atoms with Crippen LogP contribution in [-0.4, -0.2) is 20.5 Å². The van der Waals surface area contributed by atoms with E-state index in [1.807, 2.05) is 12.1 Å². The first kappa shape index (κ1) is 16.3. The highest BCUT2D eigenvalue weighted by Crippen LogP contribution is 2.41. The maximum atomic E-state index is 14.2. The third-order valence-corrected chi connectivity index (χ3v) is 5.40. The van der Waals surface area contributed by atoms with Crippen molar-refractivity contribution in [3.05, 3.63) is 66.0 Å². The van der Waals surface area contributed by atoms with E-state index in [1.54, 1.807) is 23.9 Å². The van der Waals surface area contributed by atoms with Crippen LogP contribution in [0, 0.1) is 5.82 Å². The molecule has 1 saturated carbocycles. The van der Waals surface area contributed by atoms with Crippen LogP contribution in [0.25, 0.3) is 11.4 Å². The molecular weight excluding hydrogens is 333 g/mol. The maximum Gasteiger partial charge on any atom is 0.191 e. The van der Waals surface area contributed by atoms with Gasteiger partial charge in [-0.15, -0.1) is 10.2 Å². The number of hydrogen-bond donors (Lipinski definition) is 0. The van der Waals surface area contributed by atoms with Crippen LogP contribution in [0.4, 0.5) is 4.39 Å². The number of rotatable bonds is 7. The van der Waals surface area contributed by atoms with E-state index >= 15 is 0 Å². The molecule has 0 bridgehead atoms. The first-order chi connectivity index (χ1) is 12.3. The van der Waals surface area contributed by atoms with Crippen molar-refractivity contribution in [3.63, 3.8) is 0 Å². The Bertz CT molecular complexity index is 843. The Balaban J connectivity index is 1.46. The molecule has 0 saturated heterocycles. The van der Waals surface area contributed by atoms with E-state index < -0.39 is 0 Å². The molecule has 1 heterocycles. The molecule has 5 heteroatoms. The Hall–Kier alpha value is -2.14. The molecule has 0 unspecified atom stereocenters. The van der Waals surface area contributed by atoms with Crippen LogP contribution in [0.3, 0.4) is 0 Å². The summed E-state index contributed by atoms with van der Waals surface area (Å²) in [5.74, 6) is 1.40. The third-order valence-electron chi connectivity index (χ3n) is 4.38. The maximum absolute atomic E-state index is 14.2. The van der Waals surface area contributed by atoms with Crippen LogP contribution in [0.1, 0.15) is 30.9 Å². The van der Waals surface area contributed by atoms with Gasteiger partial charge in [-0.05, 0) is 43.4 Å². The average molecular weight is 353 g/mol. The van der Waals surface area contributed by atoms with E-state index in [2.05, 4.69) is 39.0 Å². The van der Waals surface area contributed by atoms with Crippen molar-refractivity contribution in [1.29, 1.82) is 0 Å². The van der Waals surface area contributed by atoms with Crippen LogP contribution >= 0.6 is 11.8 Å². The summed E-state index contributed by atoms with van der Waals surface area (Å²) in [7, 11) is 0. The summed E-state index contributed by atoms with van der Waals surface area (Å²) >= 11 is 1.72. The SMILES string of the molecule is Fc1ccccc1-c1nnc(SCCCc2ccccc2)n1C1CC1. The molecule has 0 aliphatic heterocycles. The molecule has 1 fully saturated rings. The second-order valence-corrected chi connectivity index (χ2v) is 7.39. The molecule has 0 amide bonds. The summed E-state index contributed by atoms with van der Waals surface area (Å²) in [6, 6.07) is 17.7. The summed E-state index contributed by atoms with van der Waals surface area (Å²) in [6.45, 7) is 0. The number of halogens is 1. The zero-order valence-corrected chi connectivity index (χ0v) is 14.8. The summed E-state index contributed by atoms with van der Waals surface area (Å²) in [5, 5.41) is 9.56. The van der Waals surface area contributed by atoms with Crippen molar-refractivity contribution < 1.29 is 4.39 Å². The summed E-state index contributed by atoms with van der Waals surface area (Å²) in [5.41, 5.74) is 1.90. The first-order valence-corrected chi connectivity index (χ1v) is 9.68. The highest BCUT2D eigenvalue weighted by atomic mass is 32.2. The van der Waals surface area contributed by atoms with Gasteiger partial charge in [-0.3, -0.25) is 4.57 Å². The number of aryl methyl sites for hydroxylation is 1. The van der Waals surface area contributed by atoms with Crippen molar-refractivity contribution in [2.24, 2.45) is 0 Å². The second kappa shape index (κ2) is 7.40. The topological polar surface area (TPSA) is 30.7 Å². The normalized spacial score (nSPS) is 14.0. The molecule has 2 aromatic carbocycles. The van der Waals surface area contributed by atoms with E-state index in [0.29, 0.717) is 17.4 Å². The van der Waals surface area contributed by atoms with Gasteiger partial charge in [0.1, 0.15) is 5.82 Å². The molecule has 0 N–H and O–H groups in total. The van der Waals surface area contributed by atoms with Crippen molar-refractivity contribution in [3.8, 4) is 11.4 Å². The Morgan fingerprint density at radius 3 is 2.52 bits per heavy atom. The Morgan fingerprint density at radius 1 is 1.00 bits per heavy atom. The minimum absolute atomic E-state index is 0.238. The second-order valence-electron chi connectivity index (χ2n) is 6.32. The van der Waals surface area contributed by atoms with Gasteiger partial charge in [0.25, 0.3) is 0 Å². The lowest BCUT2D eigenvalue weighted by atomic mass is 10.1. The van der Waals surface area contributed by atoms with Gasteiger partial charge in [-0.2, -0.15) is 0 Å². The van der Waals surface area contributed by atoms with Gasteiger partial charge in [0.15, 0.2) is 11.0 Å². The van der Waals surface area contributed by atoms with Gasteiger partial charge in [0.05, 0.1) is 5.56 Å². The predicted molar refractivity (Wildman–Crippen MR) is 99.2 cm³/mol. The number of nitrogens with zero attached hydrogens (tertiary/aromatic N) is 3.